The highest BCUT2D eigenvalue weighted by Crippen LogP contribution is 2.20. The Labute approximate surface area is 150 Å². The maximum Gasteiger partial charge on any atom is 0.118 e. The van der Waals surface area contributed by atoms with Crippen molar-refractivity contribution in [3.05, 3.63) is 0 Å². The summed E-state index contributed by atoms with van der Waals surface area (Å²) in [4.78, 5) is 0. The van der Waals surface area contributed by atoms with Gasteiger partial charge in [0.05, 0.1) is 57.5 Å². The molecule has 3 N–H and O–H groups in total. The molecule has 0 aromatic carbocycles. The van der Waals surface area contributed by atoms with E-state index in [4.69, 9.17) is 29.2 Å². The summed E-state index contributed by atoms with van der Waals surface area (Å²) in [6.45, 7) is 5.82. The highest BCUT2D eigenvalue weighted by atomic mass is 19.1. The number of halogens is 1. The Morgan fingerprint density at radius 1 is 0.840 bits per heavy atom. The molecule has 0 aromatic rings. The van der Waals surface area contributed by atoms with Crippen molar-refractivity contribution in [2.24, 2.45) is 0 Å². The van der Waals surface area contributed by atoms with Crippen LogP contribution in [0.1, 0.15) is 33.6 Å². The van der Waals surface area contributed by atoms with Gasteiger partial charge in [0.15, 0.2) is 0 Å². The van der Waals surface area contributed by atoms with Crippen LogP contribution in [0.25, 0.3) is 0 Å². The molecule has 0 amide bonds. The summed E-state index contributed by atoms with van der Waals surface area (Å²) in [5, 5.41) is 27.1. The van der Waals surface area contributed by atoms with Gasteiger partial charge in [-0.2, -0.15) is 0 Å². The van der Waals surface area contributed by atoms with Crippen molar-refractivity contribution < 1.29 is 38.7 Å². The third-order valence-electron chi connectivity index (χ3n) is 3.65. The molecule has 0 aliphatic carbocycles. The zero-order chi connectivity index (χ0) is 19.2. The zero-order valence-electron chi connectivity index (χ0n) is 15.7. The lowest BCUT2D eigenvalue weighted by Crippen LogP contribution is -2.36. The third-order valence-corrected chi connectivity index (χ3v) is 3.65. The molecule has 0 fully saturated rings. The smallest absolute Gasteiger partial charge is 0.118 e. The summed E-state index contributed by atoms with van der Waals surface area (Å²) in [6, 6.07) is 0. The molecule has 25 heavy (non-hydrogen) atoms. The van der Waals surface area contributed by atoms with E-state index in [1.54, 1.807) is 6.92 Å². The zero-order valence-corrected chi connectivity index (χ0v) is 15.7. The molecule has 0 saturated carbocycles. The molecule has 0 rings (SSSR count). The minimum absolute atomic E-state index is 0.0398. The van der Waals surface area contributed by atoms with Gasteiger partial charge in [-0.05, 0) is 27.2 Å². The van der Waals surface area contributed by atoms with E-state index < -0.39 is 24.0 Å². The van der Waals surface area contributed by atoms with Crippen LogP contribution in [0.3, 0.4) is 0 Å². The summed E-state index contributed by atoms with van der Waals surface area (Å²) in [5.41, 5.74) is -1.41. The summed E-state index contributed by atoms with van der Waals surface area (Å²) >= 11 is 0. The minimum Gasteiger partial charge on any atom is -0.396 e. The number of ether oxygens (including phenoxy) is 4. The lowest BCUT2D eigenvalue weighted by Gasteiger charge is -2.30. The first-order chi connectivity index (χ1) is 11.8. The first-order valence-corrected chi connectivity index (χ1v) is 8.68. The van der Waals surface area contributed by atoms with Gasteiger partial charge >= 0.3 is 0 Å². The van der Waals surface area contributed by atoms with E-state index in [0.717, 1.165) is 0 Å². The molecule has 8 heteroatoms. The number of aliphatic hydroxyl groups excluding tert-OH is 3. The monoisotopic (exact) mass is 370 g/mol. The van der Waals surface area contributed by atoms with Crippen molar-refractivity contribution in [2.45, 2.75) is 50.9 Å². The van der Waals surface area contributed by atoms with Crippen molar-refractivity contribution in [2.75, 3.05) is 59.5 Å². The van der Waals surface area contributed by atoms with Crippen LogP contribution in [0, 0.1) is 0 Å². The standard InChI is InChI=1S/C17H35FO7/c1-16(2,4-6-19)24-8-5-17(3,14-18)25-11-10-23-13-15(21)12-22-9-7-20/h15,19-21H,4-14H2,1-3H3. The van der Waals surface area contributed by atoms with Crippen molar-refractivity contribution in [3.8, 4) is 0 Å². The molecule has 2 atom stereocenters. The first kappa shape index (κ1) is 24.7. The van der Waals surface area contributed by atoms with Gasteiger partial charge < -0.3 is 34.3 Å². The molecule has 0 aromatic heterocycles. The number of hydrogen-bond acceptors (Lipinski definition) is 7. The Hall–Kier alpha value is -0.350. The van der Waals surface area contributed by atoms with Gasteiger partial charge in [0.2, 0.25) is 0 Å². The SMILES string of the molecule is CC(C)(CCO)OCCC(C)(CF)OCCOCC(O)COCCO. The summed E-state index contributed by atoms with van der Waals surface area (Å²) in [6.07, 6.45) is 0.121. The number of aliphatic hydroxyl groups is 3. The maximum atomic E-state index is 13.3. The van der Waals surface area contributed by atoms with Crippen molar-refractivity contribution >= 4 is 0 Å². The highest BCUT2D eigenvalue weighted by Gasteiger charge is 2.27. The van der Waals surface area contributed by atoms with Crippen molar-refractivity contribution in [1.29, 1.82) is 0 Å². The molecule has 0 spiro atoms. The van der Waals surface area contributed by atoms with Crippen molar-refractivity contribution in [1.82, 2.24) is 0 Å². The Morgan fingerprint density at radius 2 is 1.48 bits per heavy atom. The summed E-state index contributed by atoms with van der Waals surface area (Å²) in [7, 11) is 0. The summed E-state index contributed by atoms with van der Waals surface area (Å²) in [5.74, 6) is 0. The number of alkyl halides is 1. The third kappa shape index (κ3) is 13.5. The van der Waals surface area contributed by atoms with Gasteiger partial charge in [-0.15, -0.1) is 0 Å². The molecular weight excluding hydrogens is 335 g/mol. The van der Waals surface area contributed by atoms with Crippen LogP contribution in [0.5, 0.6) is 0 Å². The van der Waals surface area contributed by atoms with E-state index in [0.29, 0.717) is 19.4 Å². The van der Waals surface area contributed by atoms with Crippen LogP contribution in [-0.4, -0.2) is 92.2 Å². The van der Waals surface area contributed by atoms with Gasteiger partial charge in [0.25, 0.3) is 0 Å². The van der Waals surface area contributed by atoms with Crippen LogP contribution in [0.2, 0.25) is 0 Å². The molecule has 0 saturated heterocycles. The Bertz CT molecular complexity index is 317. The number of hydrogen-bond donors (Lipinski definition) is 3. The van der Waals surface area contributed by atoms with E-state index in [1.165, 1.54) is 0 Å². The van der Waals surface area contributed by atoms with Crippen molar-refractivity contribution in [3.63, 3.8) is 0 Å². The fourth-order valence-corrected chi connectivity index (χ4v) is 1.96. The van der Waals surface area contributed by atoms with E-state index in [-0.39, 0.29) is 46.2 Å². The van der Waals surface area contributed by atoms with E-state index in [9.17, 15) is 9.50 Å². The number of rotatable bonds is 17. The molecule has 0 aliphatic rings. The van der Waals surface area contributed by atoms with E-state index >= 15 is 0 Å². The lowest BCUT2D eigenvalue weighted by molar-refractivity contribution is -0.107. The molecule has 7 nitrogen and oxygen atoms in total. The molecule has 0 aliphatic heterocycles. The normalized spacial score (nSPS) is 16.0. The predicted octanol–water partition coefficient (Wildman–Crippen LogP) is 0.685. The van der Waals surface area contributed by atoms with Gasteiger partial charge in [0.1, 0.15) is 12.8 Å². The second-order valence-corrected chi connectivity index (χ2v) is 6.79. The van der Waals surface area contributed by atoms with E-state index in [2.05, 4.69) is 0 Å². The Balaban J connectivity index is 3.88. The molecular formula is C17H35FO7. The molecule has 152 valence electrons. The average Bonchev–Trinajstić information content (AvgIpc) is 2.54. The molecule has 0 bridgehead atoms. The second-order valence-electron chi connectivity index (χ2n) is 6.79. The molecule has 2 unspecified atom stereocenters. The second kappa shape index (κ2) is 13.8. The first-order valence-electron chi connectivity index (χ1n) is 8.68. The van der Waals surface area contributed by atoms with Crippen LogP contribution in [0.4, 0.5) is 4.39 Å². The fourth-order valence-electron chi connectivity index (χ4n) is 1.96. The Morgan fingerprint density at radius 3 is 2.04 bits per heavy atom. The van der Waals surface area contributed by atoms with Gasteiger partial charge in [-0.3, -0.25) is 0 Å². The van der Waals surface area contributed by atoms with Gasteiger partial charge in [0, 0.05) is 13.0 Å². The molecule has 0 radical (unpaired) electrons. The minimum atomic E-state index is -0.957. The highest BCUT2D eigenvalue weighted by molar-refractivity contribution is 4.76. The van der Waals surface area contributed by atoms with Crippen LogP contribution in [-0.2, 0) is 18.9 Å². The van der Waals surface area contributed by atoms with Gasteiger partial charge in [-0.25, -0.2) is 4.39 Å². The molecule has 0 heterocycles. The summed E-state index contributed by atoms with van der Waals surface area (Å²) < 4.78 is 34.7. The topological polar surface area (TPSA) is 97.6 Å². The van der Waals surface area contributed by atoms with Gasteiger partial charge in [-0.1, -0.05) is 0 Å². The lowest BCUT2D eigenvalue weighted by atomic mass is 10.0. The van der Waals surface area contributed by atoms with Crippen LogP contribution in [0.15, 0.2) is 0 Å². The predicted molar refractivity (Wildman–Crippen MR) is 91.4 cm³/mol. The maximum absolute atomic E-state index is 13.3. The van der Waals surface area contributed by atoms with Crippen LogP contribution < -0.4 is 0 Å². The van der Waals surface area contributed by atoms with Crippen LogP contribution >= 0.6 is 0 Å². The Kier molecular flexibility index (Phi) is 13.6. The average molecular weight is 370 g/mol. The quantitative estimate of drug-likeness (QED) is 0.324. The largest absolute Gasteiger partial charge is 0.396 e. The van der Waals surface area contributed by atoms with E-state index in [1.807, 2.05) is 13.8 Å². The fraction of sp³-hybridized carbons (Fsp3) is 1.00.